The van der Waals surface area contributed by atoms with Crippen LogP contribution in [0.2, 0.25) is 0 Å². The highest BCUT2D eigenvalue weighted by molar-refractivity contribution is 5.82. The predicted molar refractivity (Wildman–Crippen MR) is 61.4 cm³/mol. The van der Waals surface area contributed by atoms with Crippen LogP contribution < -0.4 is 11.1 Å². The molecule has 1 fully saturated rings. The Morgan fingerprint density at radius 1 is 1.53 bits per heavy atom. The van der Waals surface area contributed by atoms with Crippen LogP contribution in [0, 0.1) is 0 Å². The molecular weight excluding hydrogens is 224 g/mol. The Morgan fingerprint density at radius 3 is 2.71 bits per heavy atom. The molecule has 0 bridgehead atoms. The van der Waals surface area contributed by atoms with Crippen molar-refractivity contribution in [1.82, 2.24) is 5.32 Å². The van der Waals surface area contributed by atoms with E-state index in [0.717, 1.165) is 6.42 Å². The second-order valence-electron chi connectivity index (χ2n) is 4.27. The highest BCUT2D eigenvalue weighted by atomic mass is 16.5. The zero-order valence-corrected chi connectivity index (χ0v) is 10.0. The Balaban J connectivity index is 2.40. The first-order valence-electron chi connectivity index (χ1n) is 5.94. The van der Waals surface area contributed by atoms with Gasteiger partial charge in [0.1, 0.15) is 6.10 Å². The molecular formula is C11H20N2O4. The number of nitrogens with one attached hydrogen (secondary N) is 1. The second-order valence-corrected chi connectivity index (χ2v) is 4.27. The average Bonchev–Trinajstić information content (AvgIpc) is 2.75. The molecule has 1 heterocycles. The lowest BCUT2D eigenvalue weighted by atomic mass is 10.1. The molecule has 1 amide bonds. The van der Waals surface area contributed by atoms with Crippen molar-refractivity contribution in [2.45, 2.75) is 50.9 Å². The fourth-order valence-electron chi connectivity index (χ4n) is 1.87. The number of carbonyl (C=O) groups excluding carboxylic acids is 1. The number of aliphatic carboxylic acids is 1. The van der Waals surface area contributed by atoms with E-state index in [0.29, 0.717) is 19.4 Å². The summed E-state index contributed by atoms with van der Waals surface area (Å²) >= 11 is 0. The topological polar surface area (TPSA) is 102 Å². The number of amides is 1. The quantitative estimate of drug-likeness (QED) is 0.603. The van der Waals surface area contributed by atoms with E-state index in [-0.39, 0.29) is 24.5 Å². The Morgan fingerprint density at radius 2 is 2.24 bits per heavy atom. The molecule has 0 spiro atoms. The van der Waals surface area contributed by atoms with Crippen LogP contribution in [-0.2, 0) is 14.3 Å². The minimum Gasteiger partial charge on any atom is -0.481 e. The maximum absolute atomic E-state index is 11.8. The number of ether oxygens (including phenoxy) is 1. The van der Waals surface area contributed by atoms with Crippen molar-refractivity contribution in [1.29, 1.82) is 0 Å². The molecule has 6 heteroatoms. The monoisotopic (exact) mass is 244 g/mol. The third kappa shape index (κ3) is 4.32. The van der Waals surface area contributed by atoms with Crippen LogP contribution in [-0.4, -0.2) is 41.8 Å². The van der Waals surface area contributed by atoms with E-state index < -0.39 is 12.1 Å². The SMILES string of the molecule is CCC(CC(=O)O)NC(=O)C1CCC(CN)O1. The summed E-state index contributed by atoms with van der Waals surface area (Å²) in [5.74, 6) is -1.14. The summed E-state index contributed by atoms with van der Waals surface area (Å²) in [6, 6.07) is -0.333. The zero-order chi connectivity index (χ0) is 12.8. The van der Waals surface area contributed by atoms with Crippen LogP contribution in [0.1, 0.15) is 32.6 Å². The van der Waals surface area contributed by atoms with Crippen molar-refractivity contribution in [3.63, 3.8) is 0 Å². The molecule has 0 radical (unpaired) electrons. The maximum Gasteiger partial charge on any atom is 0.305 e. The molecule has 0 saturated carbocycles. The molecule has 0 aromatic rings. The van der Waals surface area contributed by atoms with Gasteiger partial charge in [0.05, 0.1) is 12.5 Å². The first kappa shape index (κ1) is 13.9. The van der Waals surface area contributed by atoms with Crippen LogP contribution in [0.15, 0.2) is 0 Å². The number of carboxylic acids is 1. The molecule has 0 aliphatic carbocycles. The first-order chi connectivity index (χ1) is 8.06. The molecule has 0 aromatic heterocycles. The number of nitrogens with two attached hydrogens (primary N) is 1. The Bertz CT molecular complexity index is 283. The van der Waals surface area contributed by atoms with Gasteiger partial charge < -0.3 is 20.9 Å². The molecule has 1 saturated heterocycles. The van der Waals surface area contributed by atoms with Crippen molar-refractivity contribution in [2.75, 3.05) is 6.54 Å². The maximum atomic E-state index is 11.8. The summed E-state index contributed by atoms with van der Waals surface area (Å²) in [4.78, 5) is 22.4. The van der Waals surface area contributed by atoms with Crippen molar-refractivity contribution in [3.8, 4) is 0 Å². The van der Waals surface area contributed by atoms with Crippen molar-refractivity contribution in [3.05, 3.63) is 0 Å². The van der Waals surface area contributed by atoms with E-state index in [4.69, 9.17) is 15.6 Å². The van der Waals surface area contributed by atoms with E-state index in [1.807, 2.05) is 6.92 Å². The molecule has 1 aliphatic heterocycles. The van der Waals surface area contributed by atoms with Gasteiger partial charge in [0.2, 0.25) is 5.91 Å². The van der Waals surface area contributed by atoms with E-state index in [2.05, 4.69) is 5.32 Å². The fourth-order valence-corrected chi connectivity index (χ4v) is 1.87. The minimum atomic E-state index is -0.913. The van der Waals surface area contributed by atoms with Crippen molar-refractivity contribution in [2.24, 2.45) is 5.73 Å². The molecule has 98 valence electrons. The largest absolute Gasteiger partial charge is 0.481 e. The molecule has 4 N–H and O–H groups in total. The summed E-state index contributed by atoms with van der Waals surface area (Å²) in [7, 11) is 0. The molecule has 1 rings (SSSR count). The molecule has 3 unspecified atom stereocenters. The van der Waals surface area contributed by atoms with E-state index in [1.54, 1.807) is 0 Å². The van der Waals surface area contributed by atoms with Crippen LogP contribution in [0.25, 0.3) is 0 Å². The summed E-state index contributed by atoms with van der Waals surface area (Å²) in [5.41, 5.74) is 5.46. The number of rotatable bonds is 6. The van der Waals surface area contributed by atoms with Gasteiger partial charge in [0.15, 0.2) is 0 Å². The van der Waals surface area contributed by atoms with Crippen molar-refractivity contribution < 1.29 is 19.4 Å². The third-order valence-corrected chi connectivity index (χ3v) is 2.92. The molecule has 3 atom stereocenters. The Kier molecular flexibility index (Phi) is 5.37. The zero-order valence-electron chi connectivity index (χ0n) is 10.0. The average molecular weight is 244 g/mol. The van der Waals surface area contributed by atoms with Gasteiger partial charge in [-0.3, -0.25) is 9.59 Å². The van der Waals surface area contributed by atoms with Gasteiger partial charge in [-0.1, -0.05) is 6.92 Å². The van der Waals surface area contributed by atoms with Crippen LogP contribution in [0.5, 0.6) is 0 Å². The lowest BCUT2D eigenvalue weighted by molar-refractivity contribution is -0.138. The first-order valence-corrected chi connectivity index (χ1v) is 5.94. The van der Waals surface area contributed by atoms with Gasteiger partial charge in [-0.05, 0) is 19.3 Å². The summed E-state index contributed by atoms with van der Waals surface area (Å²) in [5, 5.41) is 11.4. The normalized spacial score (nSPS) is 25.5. The smallest absolute Gasteiger partial charge is 0.305 e. The number of hydrogen-bond donors (Lipinski definition) is 3. The van der Waals surface area contributed by atoms with Crippen LogP contribution in [0.3, 0.4) is 0 Å². The van der Waals surface area contributed by atoms with Gasteiger partial charge >= 0.3 is 5.97 Å². The van der Waals surface area contributed by atoms with Crippen LogP contribution in [0.4, 0.5) is 0 Å². The summed E-state index contributed by atoms with van der Waals surface area (Å²) in [6.45, 7) is 2.25. The number of carbonyl (C=O) groups is 2. The van der Waals surface area contributed by atoms with Crippen molar-refractivity contribution >= 4 is 11.9 Å². The minimum absolute atomic E-state index is 0.0506. The highest BCUT2D eigenvalue weighted by Crippen LogP contribution is 2.19. The lowest BCUT2D eigenvalue weighted by Crippen LogP contribution is -2.42. The van der Waals surface area contributed by atoms with Gasteiger partial charge in [-0.2, -0.15) is 0 Å². The Labute approximate surface area is 101 Å². The molecule has 0 aromatic carbocycles. The van der Waals surface area contributed by atoms with Crippen LogP contribution >= 0.6 is 0 Å². The van der Waals surface area contributed by atoms with Gasteiger partial charge in [0.25, 0.3) is 0 Å². The molecule has 1 aliphatic rings. The van der Waals surface area contributed by atoms with Gasteiger partial charge in [-0.15, -0.1) is 0 Å². The van der Waals surface area contributed by atoms with Gasteiger partial charge in [-0.25, -0.2) is 0 Å². The number of carboxylic acid groups (broad SMARTS) is 1. The van der Waals surface area contributed by atoms with E-state index >= 15 is 0 Å². The predicted octanol–water partition coefficient (Wildman–Crippen LogP) is -0.138. The van der Waals surface area contributed by atoms with E-state index in [9.17, 15) is 9.59 Å². The summed E-state index contributed by atoms with van der Waals surface area (Å²) < 4.78 is 5.44. The molecule has 6 nitrogen and oxygen atoms in total. The highest BCUT2D eigenvalue weighted by Gasteiger charge is 2.30. The third-order valence-electron chi connectivity index (χ3n) is 2.92. The number of hydrogen-bond acceptors (Lipinski definition) is 4. The Hall–Kier alpha value is -1.14. The molecule has 17 heavy (non-hydrogen) atoms. The fraction of sp³-hybridized carbons (Fsp3) is 0.818. The van der Waals surface area contributed by atoms with E-state index in [1.165, 1.54) is 0 Å². The lowest BCUT2D eigenvalue weighted by Gasteiger charge is -2.18. The standard InChI is InChI=1S/C11H20N2O4/c1-2-7(5-10(14)15)13-11(16)9-4-3-8(6-12)17-9/h7-9H,2-6,12H2,1H3,(H,13,16)(H,14,15). The second kappa shape index (κ2) is 6.56. The summed E-state index contributed by atoms with van der Waals surface area (Å²) in [6.07, 6.45) is 1.43. The van der Waals surface area contributed by atoms with Gasteiger partial charge in [0, 0.05) is 12.6 Å².